The van der Waals surface area contributed by atoms with Crippen LogP contribution in [0.15, 0.2) is 66.7 Å². The molecule has 4 N–H and O–H groups in total. The largest absolute Gasteiger partial charge is 0.508 e. The Hall–Kier alpha value is -6.09. The fourth-order valence-corrected chi connectivity index (χ4v) is 7.70. The summed E-state index contributed by atoms with van der Waals surface area (Å²) in [4.78, 5) is 62.2. The highest BCUT2D eigenvalue weighted by molar-refractivity contribution is 6.13. The predicted octanol–water partition coefficient (Wildman–Crippen LogP) is 2.01. The monoisotopic (exact) mass is 1050 g/mol. The summed E-state index contributed by atoms with van der Waals surface area (Å²) in [5, 5.41) is 25.7. The van der Waals surface area contributed by atoms with Gasteiger partial charge in [-0.15, -0.1) is 0 Å². The number of esters is 1. The number of benzene rings is 3. The SMILES string of the molecule is O=C(CCN1C(=O)C=CC1=O)NCCOCCOCCOCCOCCOCCOCCOCCOCCOCCOCCOCCNC(=O)c1ccc2c(c1)C(=O)OC21c2ccc(O)cc2Oc2cc(O)ccc21. The van der Waals surface area contributed by atoms with Crippen molar-refractivity contribution in [1.29, 1.82) is 0 Å². The lowest BCUT2D eigenvalue weighted by atomic mass is 9.77. The van der Waals surface area contributed by atoms with Gasteiger partial charge < -0.3 is 82.4 Å². The van der Waals surface area contributed by atoms with Crippen molar-refractivity contribution in [2.24, 2.45) is 0 Å². The number of phenolic OH excluding ortho intramolecular Hbond substituents is 2. The van der Waals surface area contributed by atoms with Crippen molar-refractivity contribution >= 4 is 29.6 Å². The first-order valence-electron chi connectivity index (χ1n) is 24.8. The zero-order valence-electron chi connectivity index (χ0n) is 41.9. The van der Waals surface area contributed by atoms with E-state index in [4.69, 9.17) is 61.6 Å². The first-order chi connectivity index (χ1) is 36.7. The number of nitrogens with zero attached hydrogens (tertiary/aromatic N) is 1. The maximum atomic E-state index is 13.3. The molecule has 0 aromatic heterocycles. The number of phenols is 2. The van der Waals surface area contributed by atoms with E-state index in [0.29, 0.717) is 162 Å². The Morgan fingerprint density at radius 3 is 1.27 bits per heavy atom. The molecule has 0 atom stereocenters. The van der Waals surface area contributed by atoms with Crippen molar-refractivity contribution in [2.75, 3.05) is 165 Å². The van der Waals surface area contributed by atoms with Gasteiger partial charge in [0.1, 0.15) is 23.0 Å². The molecule has 0 saturated carbocycles. The zero-order chi connectivity index (χ0) is 52.9. The van der Waals surface area contributed by atoms with E-state index in [1.54, 1.807) is 24.3 Å². The Morgan fingerprint density at radius 1 is 0.480 bits per heavy atom. The minimum absolute atomic E-state index is 0.0391. The Labute approximate surface area is 434 Å². The lowest BCUT2D eigenvalue weighted by Crippen LogP contribution is -2.35. The molecule has 75 heavy (non-hydrogen) atoms. The zero-order valence-corrected chi connectivity index (χ0v) is 41.9. The number of nitrogens with one attached hydrogen (secondary N) is 2. The Bertz CT molecular complexity index is 2260. The summed E-state index contributed by atoms with van der Waals surface area (Å²) < 4.78 is 72.5. The number of hydrogen-bond acceptors (Lipinski definition) is 20. The third kappa shape index (κ3) is 18.6. The van der Waals surface area contributed by atoms with Gasteiger partial charge in [0.05, 0.1) is 151 Å². The number of imide groups is 1. The van der Waals surface area contributed by atoms with Gasteiger partial charge in [-0.25, -0.2) is 4.79 Å². The highest BCUT2D eigenvalue weighted by atomic mass is 16.6. The summed E-state index contributed by atoms with van der Waals surface area (Å²) in [5.41, 5.74) is 0.560. The Morgan fingerprint density at radius 2 is 0.853 bits per heavy atom. The minimum Gasteiger partial charge on any atom is -0.508 e. The van der Waals surface area contributed by atoms with E-state index in [2.05, 4.69) is 10.6 Å². The van der Waals surface area contributed by atoms with Gasteiger partial charge in [-0.05, 0) is 36.4 Å². The molecule has 0 fully saturated rings. The van der Waals surface area contributed by atoms with Crippen LogP contribution in [-0.2, 0) is 76.8 Å². The molecule has 3 aliphatic heterocycles. The van der Waals surface area contributed by atoms with Crippen molar-refractivity contribution in [1.82, 2.24) is 15.5 Å². The fraction of sp³-hybridized carbons (Fsp3) is 0.519. The third-order valence-electron chi connectivity index (χ3n) is 11.3. The van der Waals surface area contributed by atoms with Crippen LogP contribution in [0.5, 0.6) is 23.0 Å². The molecule has 0 radical (unpaired) electrons. The van der Waals surface area contributed by atoms with Crippen LogP contribution >= 0.6 is 0 Å². The van der Waals surface area contributed by atoms with Gasteiger partial charge >= 0.3 is 5.97 Å². The quantitative estimate of drug-likeness (QED) is 0.0360. The van der Waals surface area contributed by atoms with E-state index >= 15 is 0 Å². The fourth-order valence-electron chi connectivity index (χ4n) is 7.70. The van der Waals surface area contributed by atoms with Crippen LogP contribution < -0.4 is 15.4 Å². The average molecular weight is 1050 g/mol. The highest BCUT2D eigenvalue weighted by Crippen LogP contribution is 2.57. The molecule has 0 aliphatic carbocycles. The highest BCUT2D eigenvalue weighted by Gasteiger charge is 2.53. The molecule has 23 heteroatoms. The molecule has 0 bridgehead atoms. The van der Waals surface area contributed by atoms with Gasteiger partial charge in [-0.2, -0.15) is 0 Å². The van der Waals surface area contributed by atoms with Crippen LogP contribution in [0, 0.1) is 0 Å². The maximum absolute atomic E-state index is 13.3. The summed E-state index contributed by atoms with van der Waals surface area (Å²) >= 11 is 0. The van der Waals surface area contributed by atoms with Gasteiger partial charge in [0.2, 0.25) is 5.91 Å². The predicted molar refractivity (Wildman–Crippen MR) is 263 cm³/mol. The minimum atomic E-state index is -1.41. The number of hydrogen-bond donors (Lipinski definition) is 4. The van der Waals surface area contributed by atoms with Crippen molar-refractivity contribution in [3.05, 3.63) is 94.6 Å². The summed E-state index contributed by atoms with van der Waals surface area (Å²) in [6.07, 6.45) is 2.41. The Kier molecular flexibility index (Phi) is 25.1. The van der Waals surface area contributed by atoms with Crippen LogP contribution in [-0.4, -0.2) is 210 Å². The second-order valence-corrected chi connectivity index (χ2v) is 16.5. The summed E-state index contributed by atoms with van der Waals surface area (Å²) in [7, 11) is 0. The van der Waals surface area contributed by atoms with E-state index < -0.39 is 23.4 Å². The van der Waals surface area contributed by atoms with Crippen molar-refractivity contribution < 1.29 is 95.8 Å². The van der Waals surface area contributed by atoms with Crippen molar-refractivity contribution in [3.63, 3.8) is 0 Å². The van der Waals surface area contributed by atoms with Gasteiger partial charge in [0.25, 0.3) is 17.7 Å². The third-order valence-corrected chi connectivity index (χ3v) is 11.3. The van der Waals surface area contributed by atoms with Gasteiger partial charge in [-0.1, -0.05) is 6.07 Å². The van der Waals surface area contributed by atoms with E-state index in [1.807, 2.05) is 0 Å². The van der Waals surface area contributed by atoms with Crippen LogP contribution in [0.4, 0.5) is 0 Å². The average Bonchev–Trinajstić information content (AvgIpc) is 3.94. The number of carbonyl (C=O) groups excluding carboxylic acids is 5. The molecule has 3 aromatic rings. The number of rotatable bonds is 40. The first-order valence-corrected chi connectivity index (χ1v) is 24.8. The van der Waals surface area contributed by atoms with Gasteiger partial charge in [0.15, 0.2) is 5.60 Å². The Balaban J connectivity index is 0.636. The summed E-state index contributed by atoms with van der Waals surface area (Å²) in [6.45, 7) is 9.48. The molecule has 6 rings (SSSR count). The van der Waals surface area contributed by atoms with E-state index in [1.165, 1.54) is 42.5 Å². The molecule has 1 spiro atoms. The number of aromatic hydroxyl groups is 2. The molecule has 3 heterocycles. The second kappa shape index (κ2) is 32.4. The molecule has 3 aliphatic rings. The van der Waals surface area contributed by atoms with Crippen LogP contribution in [0.1, 0.15) is 43.8 Å². The van der Waals surface area contributed by atoms with E-state index in [-0.39, 0.29) is 72.1 Å². The van der Waals surface area contributed by atoms with Crippen LogP contribution in [0.25, 0.3) is 0 Å². The number of carbonyl (C=O) groups is 5. The van der Waals surface area contributed by atoms with Crippen molar-refractivity contribution in [3.8, 4) is 23.0 Å². The molecule has 23 nitrogen and oxygen atoms in total. The molecule has 3 aromatic carbocycles. The van der Waals surface area contributed by atoms with Crippen molar-refractivity contribution in [2.45, 2.75) is 12.0 Å². The van der Waals surface area contributed by atoms with Gasteiger partial charge in [0, 0.05) is 72.6 Å². The van der Waals surface area contributed by atoms with E-state index in [9.17, 15) is 34.2 Å². The standard InChI is InChI=1S/C52H67N3O20/c56-39-2-5-43-45(36-39)74-46-37-40(57)3-6-44(46)52(43)42-4-1-38(35-41(42)51(62)75-52)50(61)54-11-14-64-16-18-66-20-22-68-24-26-70-28-30-72-32-34-73-33-31-71-29-27-69-25-23-67-21-19-65-17-15-63-13-10-53-47(58)9-12-55-48(59)7-8-49(55)60/h1-8,35-37,56-57H,9-34H2,(H,53,58)(H,54,61). The summed E-state index contributed by atoms with van der Waals surface area (Å²) in [6, 6.07) is 13.8. The molecular formula is C52H67N3O20. The van der Waals surface area contributed by atoms with Crippen LogP contribution in [0.3, 0.4) is 0 Å². The van der Waals surface area contributed by atoms with Gasteiger partial charge in [-0.3, -0.25) is 24.1 Å². The molecule has 0 saturated heterocycles. The lowest BCUT2D eigenvalue weighted by Gasteiger charge is -2.36. The first kappa shape index (κ1) is 58.2. The number of fused-ring (bicyclic) bond motifs is 6. The normalized spacial score (nSPS) is 14.0. The number of ether oxygens (including phenoxy) is 13. The van der Waals surface area contributed by atoms with E-state index in [0.717, 1.165) is 4.90 Å². The smallest absolute Gasteiger partial charge is 0.340 e. The molecular weight excluding hydrogens is 987 g/mol. The summed E-state index contributed by atoms with van der Waals surface area (Å²) in [5.74, 6) is -1.65. The lowest BCUT2D eigenvalue weighted by molar-refractivity contribution is -0.137. The molecule has 410 valence electrons. The second-order valence-electron chi connectivity index (χ2n) is 16.5. The topological polar surface area (TPSA) is 273 Å². The molecule has 0 unspecified atom stereocenters. The number of amides is 4. The maximum Gasteiger partial charge on any atom is 0.340 e. The molecule has 4 amide bonds. The van der Waals surface area contributed by atoms with Crippen LogP contribution in [0.2, 0.25) is 0 Å².